The number of aromatic nitrogens is 1. The molecule has 0 saturated heterocycles. The minimum Gasteiger partial charge on any atom is -0.496 e. The van der Waals surface area contributed by atoms with Crippen molar-refractivity contribution in [1.82, 2.24) is 4.98 Å². The van der Waals surface area contributed by atoms with Gasteiger partial charge < -0.3 is 15.5 Å². The van der Waals surface area contributed by atoms with Gasteiger partial charge in [-0.3, -0.25) is 0 Å². The Labute approximate surface area is 112 Å². The van der Waals surface area contributed by atoms with Crippen LogP contribution < -0.4 is 10.5 Å². The van der Waals surface area contributed by atoms with Crippen molar-refractivity contribution in [3.63, 3.8) is 0 Å². The van der Waals surface area contributed by atoms with Gasteiger partial charge in [-0.15, -0.1) is 0 Å². The van der Waals surface area contributed by atoms with Gasteiger partial charge >= 0.3 is 0 Å². The number of methoxy groups -OCH3 is 1. The molecule has 0 amide bonds. The summed E-state index contributed by atoms with van der Waals surface area (Å²) in [7, 11) is 1.63. The maximum Gasteiger partial charge on any atom is 0.127 e. The smallest absolute Gasteiger partial charge is 0.127 e. The second-order valence-electron chi connectivity index (χ2n) is 4.72. The van der Waals surface area contributed by atoms with Crippen molar-refractivity contribution in [2.24, 2.45) is 0 Å². The Morgan fingerprint density at radius 3 is 2.63 bits per heavy atom. The van der Waals surface area contributed by atoms with Crippen LogP contribution in [0.1, 0.15) is 30.9 Å². The van der Waals surface area contributed by atoms with E-state index in [1.165, 1.54) is 5.56 Å². The second-order valence-corrected chi connectivity index (χ2v) is 4.72. The first kappa shape index (κ1) is 13.0. The van der Waals surface area contributed by atoms with Gasteiger partial charge in [0.15, 0.2) is 0 Å². The number of nitrogen functional groups attached to an aromatic ring is 1. The van der Waals surface area contributed by atoms with Gasteiger partial charge in [0.25, 0.3) is 0 Å². The summed E-state index contributed by atoms with van der Waals surface area (Å²) in [5.41, 5.74) is 9.03. The Morgan fingerprint density at radius 1 is 1.32 bits per heavy atom. The largest absolute Gasteiger partial charge is 0.496 e. The van der Waals surface area contributed by atoms with E-state index >= 15 is 0 Å². The lowest BCUT2D eigenvalue weighted by molar-refractivity contribution is 0.415. The molecule has 0 radical (unpaired) electrons. The van der Waals surface area contributed by atoms with Gasteiger partial charge in [0.2, 0.25) is 0 Å². The van der Waals surface area contributed by atoms with Crippen molar-refractivity contribution in [3.05, 3.63) is 35.5 Å². The number of hydrogen-bond acceptors (Lipinski definition) is 3. The SMILES string of the molecule is COc1cc(C(C)C)ccc1-c1c[nH]c(N)c1C#N. The van der Waals surface area contributed by atoms with Gasteiger partial charge in [-0.1, -0.05) is 26.0 Å². The molecule has 3 N–H and O–H groups in total. The summed E-state index contributed by atoms with van der Waals surface area (Å²) in [6.45, 7) is 4.26. The van der Waals surface area contributed by atoms with Crippen LogP contribution in [-0.2, 0) is 0 Å². The molecule has 0 unspecified atom stereocenters. The van der Waals surface area contributed by atoms with Crippen LogP contribution >= 0.6 is 0 Å². The average molecular weight is 255 g/mol. The van der Waals surface area contributed by atoms with E-state index in [2.05, 4.69) is 24.9 Å². The van der Waals surface area contributed by atoms with E-state index < -0.39 is 0 Å². The highest BCUT2D eigenvalue weighted by Crippen LogP contribution is 2.36. The molecule has 0 saturated carbocycles. The van der Waals surface area contributed by atoms with Crippen molar-refractivity contribution in [2.75, 3.05) is 12.8 Å². The molecule has 0 aliphatic rings. The number of nitrogens with zero attached hydrogens (tertiary/aromatic N) is 1. The molecule has 2 aromatic rings. The Bertz CT molecular complexity index is 635. The zero-order valence-corrected chi connectivity index (χ0v) is 11.3. The number of anilines is 1. The molecule has 4 nitrogen and oxygen atoms in total. The van der Waals surface area contributed by atoms with Crippen LogP contribution in [0.2, 0.25) is 0 Å². The van der Waals surface area contributed by atoms with Crippen LogP contribution in [0.3, 0.4) is 0 Å². The number of nitrogens with one attached hydrogen (secondary N) is 1. The number of nitriles is 1. The lowest BCUT2D eigenvalue weighted by atomic mass is 9.97. The van der Waals surface area contributed by atoms with Crippen molar-refractivity contribution < 1.29 is 4.74 Å². The van der Waals surface area contributed by atoms with Crippen LogP contribution in [0.5, 0.6) is 5.75 Å². The van der Waals surface area contributed by atoms with Gasteiger partial charge in [0.05, 0.1) is 7.11 Å². The Kier molecular flexibility index (Phi) is 3.48. The standard InChI is InChI=1S/C15H17N3O/c1-9(2)10-4-5-11(14(6-10)19-3)13-8-18-15(17)12(13)7-16/h4-6,8-9,18H,17H2,1-3H3. The number of nitrogens with two attached hydrogens (primary N) is 1. The van der Waals surface area contributed by atoms with Gasteiger partial charge in [-0.2, -0.15) is 5.26 Å². The van der Waals surface area contributed by atoms with Gasteiger partial charge in [0, 0.05) is 17.3 Å². The number of rotatable bonds is 3. The molecule has 0 aliphatic carbocycles. The summed E-state index contributed by atoms with van der Waals surface area (Å²) in [6.07, 6.45) is 1.74. The summed E-state index contributed by atoms with van der Waals surface area (Å²) >= 11 is 0. The van der Waals surface area contributed by atoms with Crippen LogP contribution in [0, 0.1) is 11.3 Å². The normalized spacial score (nSPS) is 10.5. The maximum atomic E-state index is 9.17. The molecule has 0 bridgehead atoms. The Balaban J connectivity index is 2.59. The number of aromatic amines is 1. The van der Waals surface area contributed by atoms with E-state index in [0.29, 0.717) is 17.3 Å². The molecule has 0 atom stereocenters. The van der Waals surface area contributed by atoms with E-state index in [1.807, 2.05) is 18.2 Å². The molecule has 1 aromatic carbocycles. The Hall–Kier alpha value is -2.41. The average Bonchev–Trinajstić information content (AvgIpc) is 2.78. The van der Waals surface area contributed by atoms with Crippen LogP contribution in [0.15, 0.2) is 24.4 Å². The minimum atomic E-state index is 0.382. The molecule has 1 heterocycles. The minimum absolute atomic E-state index is 0.382. The van der Waals surface area contributed by atoms with Gasteiger partial charge in [0.1, 0.15) is 23.2 Å². The fourth-order valence-electron chi connectivity index (χ4n) is 2.06. The molecule has 1 aromatic heterocycles. The molecule has 0 fully saturated rings. The highest BCUT2D eigenvalue weighted by Gasteiger charge is 2.15. The van der Waals surface area contributed by atoms with Crippen molar-refractivity contribution in [3.8, 4) is 22.9 Å². The van der Waals surface area contributed by atoms with E-state index in [0.717, 1.165) is 16.9 Å². The van der Waals surface area contributed by atoms with Crippen LogP contribution in [0.25, 0.3) is 11.1 Å². The van der Waals surface area contributed by atoms with Gasteiger partial charge in [-0.05, 0) is 17.5 Å². The van der Waals surface area contributed by atoms with Crippen LogP contribution in [0.4, 0.5) is 5.82 Å². The molecule has 0 spiro atoms. The number of ether oxygens (including phenoxy) is 1. The van der Waals surface area contributed by atoms with E-state index in [4.69, 9.17) is 15.7 Å². The molecular weight excluding hydrogens is 238 g/mol. The number of benzene rings is 1. The summed E-state index contributed by atoms with van der Waals surface area (Å²) < 4.78 is 5.44. The summed E-state index contributed by atoms with van der Waals surface area (Å²) in [6, 6.07) is 8.14. The Morgan fingerprint density at radius 2 is 2.05 bits per heavy atom. The zero-order valence-electron chi connectivity index (χ0n) is 11.3. The predicted molar refractivity (Wildman–Crippen MR) is 76.0 cm³/mol. The quantitative estimate of drug-likeness (QED) is 0.883. The third-order valence-electron chi connectivity index (χ3n) is 3.20. The van der Waals surface area contributed by atoms with E-state index in [9.17, 15) is 0 Å². The topological polar surface area (TPSA) is 74.8 Å². The molecular formula is C15H17N3O. The van der Waals surface area contributed by atoms with Crippen LogP contribution in [-0.4, -0.2) is 12.1 Å². The van der Waals surface area contributed by atoms with Crippen molar-refractivity contribution in [2.45, 2.75) is 19.8 Å². The number of H-pyrrole nitrogens is 1. The zero-order chi connectivity index (χ0) is 14.0. The van der Waals surface area contributed by atoms with E-state index in [1.54, 1.807) is 13.3 Å². The molecule has 98 valence electrons. The number of hydrogen-bond donors (Lipinski definition) is 2. The fraction of sp³-hybridized carbons (Fsp3) is 0.267. The first-order valence-corrected chi connectivity index (χ1v) is 6.13. The highest BCUT2D eigenvalue weighted by atomic mass is 16.5. The predicted octanol–water partition coefficient (Wildman–Crippen LogP) is 3.27. The molecule has 0 aliphatic heterocycles. The van der Waals surface area contributed by atoms with Crippen molar-refractivity contribution >= 4 is 5.82 Å². The first-order valence-electron chi connectivity index (χ1n) is 6.13. The molecule has 4 heteroatoms. The lowest BCUT2D eigenvalue weighted by Gasteiger charge is -2.12. The lowest BCUT2D eigenvalue weighted by Crippen LogP contribution is -1.94. The summed E-state index contributed by atoms with van der Waals surface area (Å²) in [5, 5.41) is 9.17. The fourth-order valence-corrected chi connectivity index (χ4v) is 2.06. The van der Waals surface area contributed by atoms with Crippen molar-refractivity contribution in [1.29, 1.82) is 5.26 Å². The van der Waals surface area contributed by atoms with E-state index in [-0.39, 0.29) is 0 Å². The molecule has 2 rings (SSSR count). The third kappa shape index (κ3) is 2.27. The maximum absolute atomic E-state index is 9.17. The first-order chi connectivity index (χ1) is 9.08. The highest BCUT2D eigenvalue weighted by molar-refractivity contribution is 5.80. The monoisotopic (exact) mass is 255 g/mol. The summed E-state index contributed by atoms with van der Waals surface area (Å²) in [5.74, 6) is 1.56. The second kappa shape index (κ2) is 5.07. The van der Waals surface area contributed by atoms with Gasteiger partial charge in [-0.25, -0.2) is 0 Å². The third-order valence-corrected chi connectivity index (χ3v) is 3.20. The molecule has 19 heavy (non-hydrogen) atoms. The summed E-state index contributed by atoms with van der Waals surface area (Å²) in [4.78, 5) is 2.88.